The van der Waals surface area contributed by atoms with Gasteiger partial charge in [-0.1, -0.05) is 11.6 Å². The van der Waals surface area contributed by atoms with Gasteiger partial charge < -0.3 is 10.1 Å². The zero-order chi connectivity index (χ0) is 11.4. The minimum atomic E-state index is -0.597. The summed E-state index contributed by atoms with van der Waals surface area (Å²) in [4.78, 5) is 20.1. The summed E-state index contributed by atoms with van der Waals surface area (Å²) >= 11 is 5.72. The summed E-state index contributed by atoms with van der Waals surface area (Å²) in [5.74, 6) is -0.0441. The maximum Gasteiger partial charge on any atom is 0.298 e. The highest BCUT2D eigenvalue weighted by Crippen LogP contribution is 2.35. The lowest BCUT2D eigenvalue weighted by Gasteiger charge is -2.05. The Hall–Kier alpha value is -1.82. The number of carbonyl (C=O) groups excluding carboxylic acids is 1. The Labute approximate surface area is 89.9 Å². The number of carbonyl (C=O) groups is 1. The van der Waals surface area contributed by atoms with Crippen LogP contribution in [0.4, 0.5) is 11.4 Å². The number of rotatable bonds is 4. The van der Waals surface area contributed by atoms with Crippen LogP contribution in [-0.2, 0) is 4.79 Å². The molecule has 0 spiro atoms. The molecule has 0 aromatic heterocycles. The third-order valence-electron chi connectivity index (χ3n) is 1.69. The van der Waals surface area contributed by atoms with Crippen LogP contribution < -0.4 is 10.1 Å². The van der Waals surface area contributed by atoms with Crippen LogP contribution in [0.5, 0.6) is 5.75 Å². The van der Waals surface area contributed by atoms with Gasteiger partial charge in [-0.3, -0.25) is 14.9 Å². The van der Waals surface area contributed by atoms with Crippen molar-refractivity contribution in [3.63, 3.8) is 0 Å². The molecule has 15 heavy (non-hydrogen) atoms. The second kappa shape index (κ2) is 4.61. The molecule has 1 rings (SSSR count). The van der Waals surface area contributed by atoms with Gasteiger partial charge in [-0.2, -0.15) is 0 Å². The van der Waals surface area contributed by atoms with Gasteiger partial charge in [0.05, 0.1) is 16.0 Å². The fourth-order valence-corrected chi connectivity index (χ4v) is 1.24. The molecule has 0 heterocycles. The minimum Gasteiger partial charge on any atom is -0.427 e. The number of nitrogens with one attached hydrogen (secondary N) is 1. The van der Waals surface area contributed by atoms with E-state index in [-0.39, 0.29) is 28.6 Å². The number of halogens is 1. The standard InChI is InChI=1S/C8H7ClN2O4/c1-10-6-2-5(9)8(15-4-12)3-7(6)11(13)14/h2-4,10H,1H3. The van der Waals surface area contributed by atoms with E-state index in [4.69, 9.17) is 11.6 Å². The van der Waals surface area contributed by atoms with Crippen LogP contribution in [0, 0.1) is 10.1 Å². The lowest BCUT2D eigenvalue weighted by molar-refractivity contribution is -0.384. The highest BCUT2D eigenvalue weighted by Gasteiger charge is 2.17. The Kier molecular flexibility index (Phi) is 3.46. The number of hydrogen-bond acceptors (Lipinski definition) is 5. The Morgan fingerprint density at radius 2 is 2.27 bits per heavy atom. The second-order valence-corrected chi connectivity index (χ2v) is 2.93. The van der Waals surface area contributed by atoms with Gasteiger partial charge in [-0.15, -0.1) is 0 Å². The lowest BCUT2D eigenvalue weighted by Crippen LogP contribution is -1.98. The maximum atomic E-state index is 10.6. The van der Waals surface area contributed by atoms with Crippen molar-refractivity contribution in [1.29, 1.82) is 0 Å². The van der Waals surface area contributed by atoms with E-state index in [1.54, 1.807) is 0 Å². The molecule has 0 unspecified atom stereocenters. The van der Waals surface area contributed by atoms with E-state index in [0.717, 1.165) is 6.07 Å². The van der Waals surface area contributed by atoms with Gasteiger partial charge >= 0.3 is 0 Å². The fraction of sp³-hybridized carbons (Fsp3) is 0.125. The Balaban J connectivity index is 3.29. The largest absolute Gasteiger partial charge is 0.427 e. The average Bonchev–Trinajstić information content (AvgIpc) is 2.20. The molecule has 0 bridgehead atoms. The van der Waals surface area contributed by atoms with E-state index in [1.807, 2.05) is 0 Å². The van der Waals surface area contributed by atoms with Crippen molar-refractivity contribution >= 4 is 29.4 Å². The van der Waals surface area contributed by atoms with Crippen LogP contribution in [0.2, 0.25) is 5.02 Å². The first-order chi connectivity index (χ1) is 7.10. The number of ether oxygens (including phenoxy) is 1. The summed E-state index contributed by atoms with van der Waals surface area (Å²) in [6.07, 6.45) is 0. The van der Waals surface area contributed by atoms with E-state index < -0.39 is 4.92 Å². The molecule has 0 saturated carbocycles. The zero-order valence-electron chi connectivity index (χ0n) is 7.69. The van der Waals surface area contributed by atoms with E-state index in [1.165, 1.54) is 13.1 Å². The highest BCUT2D eigenvalue weighted by atomic mass is 35.5. The summed E-state index contributed by atoms with van der Waals surface area (Å²) < 4.78 is 4.48. The maximum absolute atomic E-state index is 10.6. The Bertz CT molecular complexity index is 408. The minimum absolute atomic E-state index is 0.0441. The first kappa shape index (κ1) is 11.3. The predicted octanol–water partition coefficient (Wildman–Crippen LogP) is 1.83. The molecule has 0 radical (unpaired) electrons. The van der Waals surface area contributed by atoms with Crippen LogP contribution in [0.3, 0.4) is 0 Å². The first-order valence-electron chi connectivity index (χ1n) is 3.86. The van der Waals surface area contributed by atoms with Gasteiger partial charge in [0.1, 0.15) is 5.69 Å². The van der Waals surface area contributed by atoms with Crippen molar-refractivity contribution in [1.82, 2.24) is 0 Å². The molecular formula is C8H7ClN2O4. The number of anilines is 1. The molecule has 1 aromatic rings. The van der Waals surface area contributed by atoms with Gasteiger partial charge in [-0.05, 0) is 6.07 Å². The van der Waals surface area contributed by atoms with Gasteiger partial charge in [0.25, 0.3) is 12.2 Å². The molecule has 6 nitrogen and oxygen atoms in total. The summed E-state index contributed by atoms with van der Waals surface area (Å²) in [5.41, 5.74) is 0.0435. The van der Waals surface area contributed by atoms with Crippen molar-refractivity contribution < 1.29 is 14.5 Å². The molecule has 7 heteroatoms. The molecular weight excluding hydrogens is 224 g/mol. The normalized spacial score (nSPS) is 9.47. The fourth-order valence-electron chi connectivity index (χ4n) is 1.04. The topological polar surface area (TPSA) is 81.5 Å². The van der Waals surface area contributed by atoms with Crippen LogP contribution in [0.25, 0.3) is 0 Å². The molecule has 1 N–H and O–H groups in total. The van der Waals surface area contributed by atoms with Crippen LogP contribution >= 0.6 is 11.6 Å². The predicted molar refractivity (Wildman–Crippen MR) is 54.3 cm³/mol. The second-order valence-electron chi connectivity index (χ2n) is 2.52. The third kappa shape index (κ3) is 2.35. The summed E-state index contributed by atoms with van der Waals surface area (Å²) in [5, 5.41) is 13.4. The molecule has 0 amide bonds. The number of nitro benzene ring substituents is 1. The molecule has 80 valence electrons. The van der Waals surface area contributed by atoms with Crippen LogP contribution in [-0.4, -0.2) is 18.4 Å². The van der Waals surface area contributed by atoms with Crippen molar-refractivity contribution in [2.75, 3.05) is 12.4 Å². The Morgan fingerprint density at radius 3 is 2.73 bits per heavy atom. The van der Waals surface area contributed by atoms with Gasteiger partial charge in [0.15, 0.2) is 5.75 Å². The number of nitro groups is 1. The molecule has 0 aliphatic carbocycles. The number of hydrogen-bond donors (Lipinski definition) is 1. The van der Waals surface area contributed by atoms with Crippen LogP contribution in [0.15, 0.2) is 12.1 Å². The van der Waals surface area contributed by atoms with Crippen molar-refractivity contribution in [3.8, 4) is 5.75 Å². The number of nitrogens with zero attached hydrogens (tertiary/aromatic N) is 1. The van der Waals surface area contributed by atoms with Crippen molar-refractivity contribution in [3.05, 3.63) is 27.3 Å². The zero-order valence-corrected chi connectivity index (χ0v) is 8.45. The molecule has 0 aliphatic heterocycles. The SMILES string of the molecule is CNc1cc(Cl)c(OC=O)cc1[N+](=O)[O-]. The van der Waals surface area contributed by atoms with Gasteiger partial charge in [0.2, 0.25) is 0 Å². The lowest BCUT2D eigenvalue weighted by atomic mass is 10.2. The summed E-state index contributed by atoms with van der Waals surface area (Å²) in [6.45, 7) is 0.157. The van der Waals surface area contributed by atoms with Gasteiger partial charge in [0, 0.05) is 7.05 Å². The monoisotopic (exact) mass is 230 g/mol. The summed E-state index contributed by atoms with van der Waals surface area (Å²) in [6, 6.07) is 2.40. The van der Waals surface area contributed by atoms with E-state index in [0.29, 0.717) is 0 Å². The molecule has 0 fully saturated rings. The quantitative estimate of drug-likeness (QED) is 0.485. The third-order valence-corrected chi connectivity index (χ3v) is 1.99. The first-order valence-corrected chi connectivity index (χ1v) is 4.24. The van der Waals surface area contributed by atoms with E-state index >= 15 is 0 Å². The Morgan fingerprint density at radius 1 is 1.60 bits per heavy atom. The average molecular weight is 231 g/mol. The van der Waals surface area contributed by atoms with Gasteiger partial charge in [-0.25, -0.2) is 0 Å². The van der Waals surface area contributed by atoms with Crippen molar-refractivity contribution in [2.45, 2.75) is 0 Å². The van der Waals surface area contributed by atoms with Crippen LogP contribution in [0.1, 0.15) is 0 Å². The molecule has 0 atom stereocenters. The molecule has 1 aromatic carbocycles. The van der Waals surface area contributed by atoms with E-state index in [9.17, 15) is 14.9 Å². The molecule has 0 saturated heterocycles. The smallest absolute Gasteiger partial charge is 0.298 e. The van der Waals surface area contributed by atoms with E-state index in [2.05, 4.69) is 10.1 Å². The number of benzene rings is 1. The molecule has 0 aliphatic rings. The highest BCUT2D eigenvalue weighted by molar-refractivity contribution is 6.32. The van der Waals surface area contributed by atoms with Crippen molar-refractivity contribution in [2.24, 2.45) is 0 Å². The summed E-state index contributed by atoms with van der Waals surface area (Å²) in [7, 11) is 1.53.